The molecule has 1 aliphatic carbocycles. The van der Waals surface area contributed by atoms with Crippen LogP contribution >= 0.6 is 0 Å². The summed E-state index contributed by atoms with van der Waals surface area (Å²) in [4.78, 5) is 34.2. The molecule has 1 saturated carbocycles. The number of benzene rings is 1. The first kappa shape index (κ1) is 17.9. The Kier molecular flexibility index (Phi) is 5.89. The van der Waals surface area contributed by atoms with Gasteiger partial charge in [0.1, 0.15) is 0 Å². The van der Waals surface area contributed by atoms with Crippen molar-refractivity contribution in [1.82, 2.24) is 5.32 Å². The van der Waals surface area contributed by atoms with E-state index in [1.807, 2.05) is 0 Å². The zero-order valence-corrected chi connectivity index (χ0v) is 13.9. The molecular formula is C17H22N2O5. The Morgan fingerprint density at radius 1 is 1.33 bits per heavy atom. The molecule has 1 fully saturated rings. The highest BCUT2D eigenvalue weighted by atomic mass is 16.6. The smallest absolute Gasteiger partial charge is 0.338 e. The Bertz CT molecular complexity index is 644. The Morgan fingerprint density at radius 3 is 2.67 bits per heavy atom. The summed E-state index contributed by atoms with van der Waals surface area (Å²) >= 11 is 0. The largest absolute Gasteiger partial charge is 0.452 e. The van der Waals surface area contributed by atoms with E-state index in [4.69, 9.17) is 4.74 Å². The molecule has 0 heterocycles. The zero-order chi connectivity index (χ0) is 17.7. The molecule has 0 saturated heterocycles. The standard InChI is InChI=1S/C17H22N2O5/c1-11-5-3-4-6-14(11)18-16(20)10-24-17(21)13-7-8-15(19(22)23)12(2)9-13/h7-9,11,14H,3-6,10H2,1-2H3,(H,18,20)/t11-,14+/m1/s1. The molecule has 0 bridgehead atoms. The molecule has 0 radical (unpaired) electrons. The number of carbonyl (C=O) groups excluding carboxylic acids is 2. The number of rotatable bonds is 5. The van der Waals surface area contributed by atoms with Gasteiger partial charge in [-0.3, -0.25) is 14.9 Å². The lowest BCUT2D eigenvalue weighted by Crippen LogP contribution is -2.42. The van der Waals surface area contributed by atoms with Gasteiger partial charge in [-0.1, -0.05) is 19.8 Å². The maximum absolute atomic E-state index is 12.0. The molecule has 1 aromatic carbocycles. The fraction of sp³-hybridized carbons (Fsp3) is 0.529. The summed E-state index contributed by atoms with van der Waals surface area (Å²) < 4.78 is 5.00. The van der Waals surface area contributed by atoms with E-state index in [-0.39, 0.29) is 29.8 Å². The number of carbonyl (C=O) groups is 2. The number of hydrogen-bond donors (Lipinski definition) is 1. The van der Waals surface area contributed by atoms with Crippen LogP contribution in [0.15, 0.2) is 18.2 Å². The van der Waals surface area contributed by atoms with Gasteiger partial charge in [0.25, 0.3) is 11.6 Å². The van der Waals surface area contributed by atoms with Gasteiger partial charge in [0.2, 0.25) is 0 Å². The highest BCUT2D eigenvalue weighted by molar-refractivity contribution is 5.91. The van der Waals surface area contributed by atoms with Crippen molar-refractivity contribution in [3.05, 3.63) is 39.4 Å². The summed E-state index contributed by atoms with van der Waals surface area (Å²) in [7, 11) is 0. The van der Waals surface area contributed by atoms with E-state index in [1.54, 1.807) is 6.92 Å². The van der Waals surface area contributed by atoms with E-state index in [0.717, 1.165) is 19.3 Å². The first-order valence-corrected chi connectivity index (χ1v) is 8.10. The number of nitro groups is 1. The van der Waals surface area contributed by atoms with Gasteiger partial charge < -0.3 is 10.1 Å². The summed E-state index contributed by atoms with van der Waals surface area (Å²) in [6, 6.07) is 4.11. The number of nitro benzene ring substituents is 1. The second-order valence-corrected chi connectivity index (χ2v) is 6.27. The minimum atomic E-state index is -0.667. The van der Waals surface area contributed by atoms with Crippen molar-refractivity contribution >= 4 is 17.6 Å². The van der Waals surface area contributed by atoms with Crippen molar-refractivity contribution < 1.29 is 19.2 Å². The quantitative estimate of drug-likeness (QED) is 0.507. The molecular weight excluding hydrogens is 312 g/mol. The summed E-state index contributed by atoms with van der Waals surface area (Å²) in [6.07, 6.45) is 4.31. The Balaban J connectivity index is 1.87. The van der Waals surface area contributed by atoms with Crippen LogP contribution in [0, 0.1) is 23.0 Å². The lowest BCUT2D eigenvalue weighted by Gasteiger charge is -2.29. The predicted molar refractivity (Wildman–Crippen MR) is 87.7 cm³/mol. The highest BCUT2D eigenvalue weighted by Crippen LogP contribution is 2.23. The molecule has 24 heavy (non-hydrogen) atoms. The third kappa shape index (κ3) is 4.53. The molecule has 7 nitrogen and oxygen atoms in total. The van der Waals surface area contributed by atoms with Crippen LogP contribution in [0.25, 0.3) is 0 Å². The van der Waals surface area contributed by atoms with Gasteiger partial charge >= 0.3 is 5.97 Å². The van der Waals surface area contributed by atoms with Crippen LogP contribution in [0.1, 0.15) is 48.5 Å². The Labute approximate surface area is 140 Å². The Hall–Kier alpha value is -2.44. The van der Waals surface area contributed by atoms with Crippen LogP contribution < -0.4 is 5.32 Å². The van der Waals surface area contributed by atoms with Crippen LogP contribution in [0.5, 0.6) is 0 Å². The van der Waals surface area contributed by atoms with E-state index in [1.165, 1.54) is 24.6 Å². The second kappa shape index (κ2) is 7.90. The number of hydrogen-bond acceptors (Lipinski definition) is 5. The molecule has 2 atom stereocenters. The van der Waals surface area contributed by atoms with Crippen LogP contribution in [-0.2, 0) is 9.53 Å². The number of esters is 1. The molecule has 0 aliphatic heterocycles. The fourth-order valence-corrected chi connectivity index (χ4v) is 2.98. The second-order valence-electron chi connectivity index (χ2n) is 6.27. The van der Waals surface area contributed by atoms with Crippen LogP contribution in [-0.4, -0.2) is 29.4 Å². The fourth-order valence-electron chi connectivity index (χ4n) is 2.98. The van der Waals surface area contributed by atoms with E-state index in [2.05, 4.69) is 12.2 Å². The first-order chi connectivity index (χ1) is 11.4. The average molecular weight is 334 g/mol. The molecule has 2 rings (SSSR count). The number of aryl methyl sites for hydroxylation is 1. The molecule has 0 spiro atoms. The molecule has 0 unspecified atom stereocenters. The molecule has 0 aromatic heterocycles. The van der Waals surface area contributed by atoms with Crippen molar-refractivity contribution in [2.75, 3.05) is 6.61 Å². The van der Waals surface area contributed by atoms with Crippen molar-refractivity contribution in [3.8, 4) is 0 Å². The maximum Gasteiger partial charge on any atom is 0.338 e. The molecule has 1 aliphatic rings. The van der Waals surface area contributed by atoms with Gasteiger partial charge in [0, 0.05) is 17.7 Å². The SMILES string of the molecule is Cc1cc(C(=O)OCC(=O)N[C@H]2CCCC[C@H]2C)ccc1[N+](=O)[O-]. The monoisotopic (exact) mass is 334 g/mol. The maximum atomic E-state index is 12.0. The first-order valence-electron chi connectivity index (χ1n) is 8.10. The molecule has 130 valence electrons. The molecule has 7 heteroatoms. The van der Waals surface area contributed by atoms with E-state index >= 15 is 0 Å². The van der Waals surface area contributed by atoms with Crippen molar-refractivity contribution in [1.29, 1.82) is 0 Å². The summed E-state index contributed by atoms with van der Waals surface area (Å²) in [5, 5.41) is 13.7. The van der Waals surface area contributed by atoms with Crippen LogP contribution in [0.4, 0.5) is 5.69 Å². The third-order valence-corrected chi connectivity index (χ3v) is 4.42. The number of nitrogens with one attached hydrogen (secondary N) is 1. The van der Waals surface area contributed by atoms with Gasteiger partial charge in [-0.15, -0.1) is 0 Å². The molecule has 1 N–H and O–H groups in total. The van der Waals surface area contributed by atoms with Crippen LogP contribution in [0.2, 0.25) is 0 Å². The van der Waals surface area contributed by atoms with Crippen molar-refractivity contribution in [3.63, 3.8) is 0 Å². The zero-order valence-electron chi connectivity index (χ0n) is 13.9. The van der Waals surface area contributed by atoms with Gasteiger partial charge in [-0.25, -0.2) is 4.79 Å². The minimum Gasteiger partial charge on any atom is -0.452 e. The van der Waals surface area contributed by atoms with Gasteiger partial charge in [-0.05, 0) is 37.8 Å². The van der Waals surface area contributed by atoms with E-state index in [9.17, 15) is 19.7 Å². The summed E-state index contributed by atoms with van der Waals surface area (Å²) in [5.74, 6) is -0.559. The average Bonchev–Trinajstić information content (AvgIpc) is 2.54. The topological polar surface area (TPSA) is 98.5 Å². The third-order valence-electron chi connectivity index (χ3n) is 4.42. The molecule has 1 aromatic rings. The lowest BCUT2D eigenvalue weighted by molar-refractivity contribution is -0.385. The number of ether oxygens (including phenoxy) is 1. The Morgan fingerprint density at radius 2 is 2.04 bits per heavy atom. The van der Waals surface area contributed by atoms with E-state index in [0.29, 0.717) is 11.5 Å². The summed E-state index contributed by atoms with van der Waals surface area (Å²) in [5.41, 5.74) is 0.502. The minimum absolute atomic E-state index is 0.0596. The van der Waals surface area contributed by atoms with Gasteiger partial charge in [0.05, 0.1) is 10.5 Å². The van der Waals surface area contributed by atoms with Crippen LogP contribution in [0.3, 0.4) is 0 Å². The highest BCUT2D eigenvalue weighted by Gasteiger charge is 2.23. The van der Waals surface area contributed by atoms with E-state index < -0.39 is 10.9 Å². The normalized spacial score (nSPS) is 20.2. The molecule has 1 amide bonds. The van der Waals surface area contributed by atoms with Gasteiger partial charge in [0.15, 0.2) is 6.61 Å². The lowest BCUT2D eigenvalue weighted by atomic mass is 9.86. The summed E-state index contributed by atoms with van der Waals surface area (Å²) in [6.45, 7) is 3.31. The predicted octanol–water partition coefficient (Wildman–Crippen LogP) is 2.75. The van der Waals surface area contributed by atoms with Crippen molar-refractivity contribution in [2.45, 2.75) is 45.6 Å². The number of nitrogens with zero attached hydrogens (tertiary/aromatic N) is 1. The number of amides is 1. The van der Waals surface area contributed by atoms with Crippen molar-refractivity contribution in [2.24, 2.45) is 5.92 Å². The van der Waals surface area contributed by atoms with Gasteiger partial charge in [-0.2, -0.15) is 0 Å².